The molecule has 3 amide bonds. The summed E-state index contributed by atoms with van der Waals surface area (Å²) in [5.74, 6) is -4.88. The quantitative estimate of drug-likeness (QED) is 0.198. The number of carboxylic acid groups (broad SMARTS) is 2. The number of hydrogen-bond acceptors (Lipinski definition) is 6. The summed E-state index contributed by atoms with van der Waals surface area (Å²) in [6, 6.07) is -4.30. The van der Waals surface area contributed by atoms with Crippen LogP contribution in [-0.2, 0) is 24.0 Å². The molecule has 190 valence electrons. The van der Waals surface area contributed by atoms with Crippen molar-refractivity contribution in [1.82, 2.24) is 16.0 Å². The molecule has 7 N–H and O–H groups in total. The molecular formula is C22H40N4O7. The van der Waals surface area contributed by atoms with Crippen molar-refractivity contribution in [2.45, 2.75) is 91.4 Å². The molecule has 5 atom stereocenters. The first kappa shape index (κ1) is 30.3. The van der Waals surface area contributed by atoms with Crippen LogP contribution in [0.2, 0.25) is 0 Å². The molecular weight excluding hydrogens is 432 g/mol. The van der Waals surface area contributed by atoms with Gasteiger partial charge in [0.2, 0.25) is 17.7 Å². The van der Waals surface area contributed by atoms with Crippen molar-refractivity contribution in [3.8, 4) is 0 Å². The lowest BCUT2D eigenvalue weighted by Crippen LogP contribution is -2.59. The van der Waals surface area contributed by atoms with E-state index in [0.717, 1.165) is 0 Å². The largest absolute Gasteiger partial charge is 0.481 e. The smallest absolute Gasteiger partial charge is 0.326 e. The number of hydrogen-bond donors (Lipinski definition) is 6. The zero-order valence-electron chi connectivity index (χ0n) is 20.4. The topological polar surface area (TPSA) is 188 Å². The second-order valence-electron chi connectivity index (χ2n) is 9.16. The maximum absolute atomic E-state index is 13.0. The summed E-state index contributed by atoms with van der Waals surface area (Å²) in [6.07, 6.45) is 0.139. The highest BCUT2D eigenvalue weighted by Gasteiger charge is 2.33. The Balaban J connectivity index is 5.63. The number of aliphatic carboxylic acids is 2. The monoisotopic (exact) mass is 472 g/mol. The molecule has 0 fully saturated rings. The van der Waals surface area contributed by atoms with Crippen molar-refractivity contribution >= 4 is 29.7 Å². The zero-order valence-corrected chi connectivity index (χ0v) is 20.4. The summed E-state index contributed by atoms with van der Waals surface area (Å²) in [5.41, 5.74) is 5.83. The molecule has 0 saturated carbocycles. The molecule has 0 heterocycles. The van der Waals surface area contributed by atoms with Crippen molar-refractivity contribution in [1.29, 1.82) is 0 Å². The first-order valence-electron chi connectivity index (χ1n) is 11.3. The fourth-order valence-electron chi connectivity index (χ4n) is 3.02. The Morgan fingerprint density at radius 1 is 0.818 bits per heavy atom. The number of nitrogens with one attached hydrogen (secondary N) is 3. The average molecular weight is 473 g/mol. The van der Waals surface area contributed by atoms with Gasteiger partial charge in [0.1, 0.15) is 18.1 Å². The third-order valence-corrected chi connectivity index (χ3v) is 5.42. The fraction of sp³-hybridized carbons (Fsp3) is 0.773. The van der Waals surface area contributed by atoms with Gasteiger partial charge < -0.3 is 31.9 Å². The first-order valence-corrected chi connectivity index (χ1v) is 11.3. The minimum absolute atomic E-state index is 0.0174. The third-order valence-electron chi connectivity index (χ3n) is 5.42. The highest BCUT2D eigenvalue weighted by atomic mass is 16.4. The molecule has 0 spiro atoms. The number of nitrogens with two attached hydrogens (primary N) is 1. The van der Waals surface area contributed by atoms with E-state index in [4.69, 9.17) is 10.8 Å². The SMILES string of the molecule is CCC(C)C(NC(=O)C(CCC(=O)O)NC(=O)C(N)C(C)C)C(=O)NC(CC(C)C)C(=O)O. The standard InChI is InChI=1S/C22H40N4O7/c1-7-13(6)18(21(31)25-15(22(32)33)10-11(2)3)26-19(29)14(8-9-16(27)28)24-20(30)17(23)12(4)5/h11-15,17-18H,7-10,23H2,1-6H3,(H,24,30)(H,25,31)(H,26,29)(H,27,28)(H,32,33). The van der Waals surface area contributed by atoms with E-state index in [2.05, 4.69) is 16.0 Å². The predicted molar refractivity (Wildman–Crippen MR) is 122 cm³/mol. The van der Waals surface area contributed by atoms with E-state index in [0.29, 0.717) is 6.42 Å². The van der Waals surface area contributed by atoms with E-state index < -0.39 is 53.8 Å². The van der Waals surface area contributed by atoms with E-state index in [1.807, 2.05) is 20.8 Å². The lowest BCUT2D eigenvalue weighted by atomic mass is 9.96. The Morgan fingerprint density at radius 3 is 1.79 bits per heavy atom. The molecule has 33 heavy (non-hydrogen) atoms. The number of carboxylic acids is 2. The summed E-state index contributed by atoms with van der Waals surface area (Å²) in [6.45, 7) is 10.7. The van der Waals surface area contributed by atoms with Crippen molar-refractivity contribution in [2.75, 3.05) is 0 Å². The van der Waals surface area contributed by atoms with Gasteiger partial charge in [-0.2, -0.15) is 0 Å². The second kappa shape index (κ2) is 14.5. The van der Waals surface area contributed by atoms with Gasteiger partial charge in [-0.3, -0.25) is 19.2 Å². The summed E-state index contributed by atoms with van der Waals surface area (Å²) in [4.78, 5) is 60.8. The normalized spacial score (nSPS) is 15.8. The van der Waals surface area contributed by atoms with Gasteiger partial charge in [-0.15, -0.1) is 0 Å². The Labute approximate surface area is 195 Å². The molecule has 11 nitrogen and oxygen atoms in total. The predicted octanol–water partition coefficient (Wildman–Crippen LogP) is 0.466. The molecule has 0 aliphatic rings. The Kier molecular flexibility index (Phi) is 13.3. The molecule has 0 rings (SSSR count). The van der Waals surface area contributed by atoms with Crippen molar-refractivity contribution < 1.29 is 34.2 Å². The number of rotatable bonds is 15. The maximum Gasteiger partial charge on any atom is 0.326 e. The van der Waals surface area contributed by atoms with Crippen LogP contribution in [0.15, 0.2) is 0 Å². The minimum atomic E-state index is -1.22. The van der Waals surface area contributed by atoms with E-state index in [1.54, 1.807) is 20.8 Å². The zero-order chi connectivity index (χ0) is 25.9. The highest BCUT2D eigenvalue weighted by molar-refractivity contribution is 5.94. The van der Waals surface area contributed by atoms with Crippen LogP contribution < -0.4 is 21.7 Å². The van der Waals surface area contributed by atoms with Gasteiger partial charge in [-0.05, 0) is 30.6 Å². The lowest BCUT2D eigenvalue weighted by Gasteiger charge is -2.28. The number of carbonyl (C=O) groups is 5. The van der Waals surface area contributed by atoms with Gasteiger partial charge in [-0.1, -0.05) is 48.0 Å². The molecule has 11 heteroatoms. The van der Waals surface area contributed by atoms with Crippen molar-refractivity contribution in [3.63, 3.8) is 0 Å². The Bertz CT molecular complexity index is 696. The molecule has 0 aromatic carbocycles. The molecule has 0 bridgehead atoms. The van der Waals surface area contributed by atoms with Crippen LogP contribution >= 0.6 is 0 Å². The van der Waals surface area contributed by atoms with Crippen LogP contribution in [-0.4, -0.2) is 64.0 Å². The minimum Gasteiger partial charge on any atom is -0.481 e. The second-order valence-corrected chi connectivity index (χ2v) is 9.16. The van der Waals surface area contributed by atoms with E-state index in [9.17, 15) is 29.1 Å². The van der Waals surface area contributed by atoms with Gasteiger partial charge >= 0.3 is 11.9 Å². The molecule has 0 radical (unpaired) electrons. The van der Waals surface area contributed by atoms with Gasteiger partial charge in [-0.25, -0.2) is 4.79 Å². The van der Waals surface area contributed by atoms with Gasteiger partial charge in [0.05, 0.1) is 6.04 Å². The van der Waals surface area contributed by atoms with E-state index >= 15 is 0 Å². The summed E-state index contributed by atoms with van der Waals surface area (Å²) in [7, 11) is 0. The average Bonchev–Trinajstić information content (AvgIpc) is 2.71. The van der Waals surface area contributed by atoms with Crippen molar-refractivity contribution in [3.05, 3.63) is 0 Å². The van der Waals surface area contributed by atoms with Crippen LogP contribution in [0.5, 0.6) is 0 Å². The van der Waals surface area contributed by atoms with Gasteiger partial charge in [0.15, 0.2) is 0 Å². The van der Waals surface area contributed by atoms with E-state index in [-0.39, 0.29) is 37.0 Å². The molecule has 0 aromatic rings. The van der Waals surface area contributed by atoms with Crippen LogP contribution in [0, 0.1) is 17.8 Å². The highest BCUT2D eigenvalue weighted by Crippen LogP contribution is 2.12. The summed E-state index contributed by atoms with van der Waals surface area (Å²) in [5, 5.41) is 25.9. The van der Waals surface area contributed by atoms with Crippen molar-refractivity contribution in [2.24, 2.45) is 23.5 Å². The van der Waals surface area contributed by atoms with Gasteiger partial charge in [0.25, 0.3) is 0 Å². The number of carbonyl (C=O) groups excluding carboxylic acids is 3. The molecule has 0 aliphatic carbocycles. The summed E-state index contributed by atoms with van der Waals surface area (Å²) < 4.78 is 0. The van der Waals surface area contributed by atoms with Crippen LogP contribution in [0.4, 0.5) is 0 Å². The van der Waals surface area contributed by atoms with Crippen LogP contribution in [0.25, 0.3) is 0 Å². The Hall–Kier alpha value is -2.69. The molecule has 0 aliphatic heterocycles. The molecule has 0 aromatic heterocycles. The molecule has 0 saturated heterocycles. The van der Waals surface area contributed by atoms with Crippen LogP contribution in [0.1, 0.15) is 67.2 Å². The van der Waals surface area contributed by atoms with Gasteiger partial charge in [0, 0.05) is 6.42 Å². The third kappa shape index (κ3) is 11.1. The maximum atomic E-state index is 13.0. The Morgan fingerprint density at radius 2 is 1.36 bits per heavy atom. The summed E-state index contributed by atoms with van der Waals surface area (Å²) >= 11 is 0. The lowest BCUT2D eigenvalue weighted by molar-refractivity contribution is -0.143. The van der Waals surface area contributed by atoms with E-state index in [1.165, 1.54) is 0 Å². The first-order chi connectivity index (χ1) is 15.2. The molecule has 5 unspecified atom stereocenters. The number of amides is 3. The van der Waals surface area contributed by atoms with Crippen LogP contribution in [0.3, 0.4) is 0 Å². The fourth-order valence-corrected chi connectivity index (χ4v) is 3.02.